The van der Waals surface area contributed by atoms with E-state index >= 15 is 0 Å². The van der Waals surface area contributed by atoms with Crippen molar-refractivity contribution < 1.29 is 48.3 Å². The number of fused-ring (bicyclic) bond motifs is 2. The van der Waals surface area contributed by atoms with Gasteiger partial charge in [0.25, 0.3) is 0 Å². The topological polar surface area (TPSA) is 218 Å². The van der Waals surface area contributed by atoms with Gasteiger partial charge in [-0.1, -0.05) is 36.4 Å². The lowest BCUT2D eigenvalue weighted by molar-refractivity contribution is -0.295. The highest BCUT2D eigenvalue weighted by Crippen LogP contribution is 2.40. The maximum Gasteiger partial charge on any atom is 0.410 e. The molecule has 3 aliphatic rings. The third kappa shape index (κ3) is 9.62. The molecule has 19 heteroatoms. The molecular weight excluding hydrogens is 791 g/mol. The molecule has 61 heavy (non-hydrogen) atoms. The van der Waals surface area contributed by atoms with E-state index in [9.17, 15) is 24.6 Å². The minimum absolute atomic E-state index is 0.0958. The number of aliphatic hydroxyl groups is 2. The van der Waals surface area contributed by atoms with Crippen LogP contribution in [0.3, 0.4) is 0 Å². The number of aromatic nitrogens is 6. The first-order valence-electron chi connectivity index (χ1n) is 21.4. The molecule has 2 aromatic heterocycles. The number of methoxy groups -OCH3 is 1. The third-order valence-electron chi connectivity index (χ3n) is 12.9. The molecule has 13 atom stereocenters. The Morgan fingerprint density at radius 2 is 1.74 bits per heavy atom. The number of esters is 1. The van der Waals surface area contributed by atoms with Crippen LogP contribution in [0.4, 0.5) is 4.79 Å². The van der Waals surface area contributed by atoms with Crippen LogP contribution in [-0.2, 0) is 46.4 Å². The van der Waals surface area contributed by atoms with Crippen molar-refractivity contribution >= 4 is 28.9 Å². The van der Waals surface area contributed by atoms with E-state index in [2.05, 4.69) is 25.9 Å². The highest BCUT2D eigenvalue weighted by molar-refractivity contribution is 6.00. The number of nitrogens with zero attached hydrogens (tertiary/aromatic N) is 8. The van der Waals surface area contributed by atoms with Crippen LogP contribution in [0.25, 0.3) is 11.0 Å². The molecule has 5 heterocycles. The van der Waals surface area contributed by atoms with Gasteiger partial charge in [-0.2, -0.15) is 0 Å². The summed E-state index contributed by atoms with van der Waals surface area (Å²) in [6.45, 7) is 13.9. The number of unbranched alkanes of at least 4 members (excludes halogenated alkanes) is 1. The van der Waals surface area contributed by atoms with Gasteiger partial charge in [0, 0.05) is 38.2 Å². The summed E-state index contributed by atoms with van der Waals surface area (Å²) in [5, 5.41) is 42.8. The summed E-state index contributed by atoms with van der Waals surface area (Å²) in [6.07, 6.45) is -2.01. The van der Waals surface area contributed by atoms with E-state index in [1.807, 2.05) is 58.2 Å². The van der Waals surface area contributed by atoms with E-state index in [1.54, 1.807) is 47.1 Å². The van der Waals surface area contributed by atoms with E-state index in [1.165, 1.54) is 14.0 Å². The number of ether oxygens (including phenoxy) is 5. The largest absolute Gasteiger partial charge is 0.458 e. The van der Waals surface area contributed by atoms with Crippen LogP contribution < -0.4 is 5.32 Å². The monoisotopic (exact) mass is 855 g/mol. The number of amides is 1. The minimum atomic E-state index is -1.27. The number of carbonyl (C=O) groups excluding carboxylic acids is 3. The normalized spacial score (nSPS) is 35.6. The highest BCUT2D eigenvalue weighted by Gasteiger charge is 2.59. The van der Waals surface area contributed by atoms with Gasteiger partial charge in [0.2, 0.25) is 0 Å². The predicted molar refractivity (Wildman–Crippen MR) is 221 cm³/mol. The summed E-state index contributed by atoms with van der Waals surface area (Å²) in [4.78, 5) is 45.5. The standard InChI is InChI=1S/C42H65N9O10/c1-11-32-42(7)36(50(40(56)61-42)19-15-14-18-49-21-28(44-46-49)22-51-30-17-13-12-16-29(30)45-47-51)27(5)43-24(2)20-41(6,57-10)37(25(3)34(53)26(4)38(55)59-32)60-39-35(54)33(48(8)9)31(52)23-58-39/h12-13,16-17,21,24-27,31-33,35-37,39,43,52,54H,11,14-15,18-20,22-23H2,1-10H3/t24-,25+,26-,27-,31-,32-,33?,35+,36-,37-,39+,41+,42-/m1/s1. The maximum absolute atomic E-state index is 14.3. The van der Waals surface area contributed by atoms with Crippen molar-refractivity contribution in [2.45, 2.75) is 153 Å². The Labute approximate surface area is 357 Å². The Morgan fingerprint density at radius 1 is 1.02 bits per heavy atom. The third-order valence-corrected chi connectivity index (χ3v) is 12.9. The smallest absolute Gasteiger partial charge is 0.410 e. The SMILES string of the molecule is CC[C@H]1OC(=O)[C@H](C)C(=O)[C@H](C)[C@@H](O[C@@H]2OC[C@@H](O)C(N(C)C)[C@@H]2O)[C@@](C)(OC)C[C@@H](C)N[C@H](C)[C@H]2N(CCCCn3cc(Cn4nnc5ccccc54)nn3)C(=O)O[C@]12C. The minimum Gasteiger partial charge on any atom is -0.458 e. The van der Waals surface area contributed by atoms with Crippen molar-refractivity contribution in [1.29, 1.82) is 0 Å². The van der Waals surface area contributed by atoms with Crippen molar-refractivity contribution in [3.63, 3.8) is 0 Å². The average molecular weight is 856 g/mol. The Balaban J connectivity index is 1.20. The van der Waals surface area contributed by atoms with E-state index < -0.39 is 83.7 Å². The summed E-state index contributed by atoms with van der Waals surface area (Å²) in [6, 6.07) is 5.80. The molecule has 19 nitrogen and oxygen atoms in total. The van der Waals surface area contributed by atoms with Gasteiger partial charge in [-0.05, 0) is 86.5 Å². The molecule has 3 saturated heterocycles. The first-order valence-corrected chi connectivity index (χ1v) is 21.4. The second-order valence-electron chi connectivity index (χ2n) is 17.7. The van der Waals surface area contributed by atoms with Gasteiger partial charge in [0.15, 0.2) is 17.7 Å². The first kappa shape index (κ1) is 46.4. The van der Waals surface area contributed by atoms with E-state index in [4.69, 9.17) is 23.7 Å². The molecule has 0 bridgehead atoms. The number of hydrogen-bond acceptors (Lipinski definition) is 16. The zero-order valence-electron chi connectivity index (χ0n) is 37.1. The van der Waals surface area contributed by atoms with Crippen LogP contribution >= 0.6 is 0 Å². The maximum atomic E-state index is 14.3. The van der Waals surface area contributed by atoms with Crippen molar-refractivity contribution in [3.05, 3.63) is 36.2 Å². The molecule has 3 N–H and O–H groups in total. The second-order valence-corrected chi connectivity index (χ2v) is 17.7. The lowest BCUT2D eigenvalue weighted by atomic mass is 9.78. The number of likely N-dealkylation sites (N-methyl/N-ethyl adjacent to an activating group) is 1. The Hall–Kier alpha value is -4.11. The van der Waals surface area contributed by atoms with Crippen molar-refractivity contribution in [1.82, 2.24) is 45.1 Å². The Kier molecular flexibility index (Phi) is 14.5. The lowest BCUT2D eigenvalue weighted by Gasteiger charge is -2.47. The number of aryl methyl sites for hydroxylation is 1. The number of nitrogens with one attached hydrogen (secondary N) is 1. The molecule has 1 amide bonds. The number of Topliss-reactive ketones (excluding diaryl/α,β-unsaturated/α-hetero) is 1. The van der Waals surface area contributed by atoms with Gasteiger partial charge in [-0.3, -0.25) is 19.2 Å². The van der Waals surface area contributed by atoms with Gasteiger partial charge < -0.3 is 44.1 Å². The molecule has 0 aliphatic carbocycles. The summed E-state index contributed by atoms with van der Waals surface area (Å²) >= 11 is 0. The first-order chi connectivity index (χ1) is 28.9. The zero-order chi connectivity index (χ0) is 44.4. The molecule has 0 spiro atoms. The number of benzene rings is 1. The van der Waals surface area contributed by atoms with Crippen LogP contribution in [0.2, 0.25) is 0 Å². The fourth-order valence-corrected chi connectivity index (χ4v) is 9.76. The molecule has 3 aliphatic heterocycles. The predicted octanol–water partition coefficient (Wildman–Crippen LogP) is 2.16. The highest BCUT2D eigenvalue weighted by atomic mass is 16.7. The summed E-state index contributed by atoms with van der Waals surface area (Å²) in [5.41, 5.74) is 0.0291. The number of carbonyl (C=O) groups is 3. The van der Waals surface area contributed by atoms with E-state index in [0.717, 1.165) is 16.7 Å². The molecule has 0 saturated carbocycles. The van der Waals surface area contributed by atoms with Gasteiger partial charge >= 0.3 is 12.1 Å². The fourth-order valence-electron chi connectivity index (χ4n) is 9.76. The molecule has 3 fully saturated rings. The van der Waals surface area contributed by atoms with Gasteiger partial charge in [0.1, 0.15) is 29.3 Å². The summed E-state index contributed by atoms with van der Waals surface area (Å²) in [7, 11) is 5.01. The molecular formula is C42H65N9O10. The van der Waals surface area contributed by atoms with Crippen molar-refractivity contribution in [2.24, 2.45) is 11.8 Å². The fraction of sp³-hybridized carbons (Fsp3) is 0.738. The van der Waals surface area contributed by atoms with Crippen LogP contribution in [0, 0.1) is 11.8 Å². The van der Waals surface area contributed by atoms with Crippen LogP contribution in [-0.4, -0.2) is 168 Å². The molecule has 1 aromatic carbocycles. The van der Waals surface area contributed by atoms with Crippen molar-refractivity contribution in [2.75, 3.05) is 34.4 Å². The quantitative estimate of drug-likeness (QED) is 0.135. The lowest BCUT2D eigenvalue weighted by Crippen LogP contribution is -2.64. The van der Waals surface area contributed by atoms with Crippen molar-refractivity contribution in [3.8, 4) is 0 Å². The second kappa shape index (κ2) is 19.1. The number of ketones is 1. The Morgan fingerprint density at radius 3 is 2.44 bits per heavy atom. The number of rotatable bonds is 12. The van der Waals surface area contributed by atoms with Gasteiger partial charge in [0.05, 0.1) is 54.8 Å². The molecule has 1 unspecified atom stereocenters. The van der Waals surface area contributed by atoms with Crippen LogP contribution in [0.5, 0.6) is 0 Å². The average Bonchev–Trinajstić information content (AvgIpc) is 3.92. The summed E-state index contributed by atoms with van der Waals surface area (Å²) < 4.78 is 34.5. The van der Waals surface area contributed by atoms with Gasteiger partial charge in [-0.15, -0.1) is 10.2 Å². The molecule has 3 aromatic rings. The van der Waals surface area contributed by atoms with Gasteiger partial charge in [-0.25, -0.2) is 9.48 Å². The number of cyclic esters (lactones) is 1. The number of para-hydroxylation sites is 1. The van der Waals surface area contributed by atoms with Crippen LogP contribution in [0.15, 0.2) is 30.5 Å². The van der Waals surface area contributed by atoms with E-state index in [0.29, 0.717) is 45.3 Å². The number of aliphatic hydroxyl groups excluding tert-OH is 2. The number of hydrogen-bond donors (Lipinski definition) is 3. The Bertz CT molecular complexity index is 1980. The molecule has 0 radical (unpaired) electrons. The van der Waals surface area contributed by atoms with E-state index in [-0.39, 0.29) is 18.7 Å². The molecule has 338 valence electrons. The zero-order valence-corrected chi connectivity index (χ0v) is 37.1. The van der Waals surface area contributed by atoms with Crippen LogP contribution in [0.1, 0.15) is 79.8 Å². The summed E-state index contributed by atoms with van der Waals surface area (Å²) in [5.74, 6) is -3.35. The molecule has 6 rings (SSSR count).